The maximum absolute atomic E-state index is 8.71. The molecular weight excluding hydrogens is 200 g/mol. The van der Waals surface area contributed by atoms with E-state index in [9.17, 15) is 0 Å². The van der Waals surface area contributed by atoms with Gasteiger partial charge in [-0.1, -0.05) is 0 Å². The zero-order valence-corrected chi connectivity index (χ0v) is 9.49. The van der Waals surface area contributed by atoms with E-state index < -0.39 is 0 Å². The fourth-order valence-corrected chi connectivity index (χ4v) is 1.92. The van der Waals surface area contributed by atoms with E-state index in [1.54, 1.807) is 0 Å². The summed E-state index contributed by atoms with van der Waals surface area (Å²) < 4.78 is 5.36. The summed E-state index contributed by atoms with van der Waals surface area (Å²) >= 11 is 0. The van der Waals surface area contributed by atoms with Crippen LogP contribution in [-0.4, -0.2) is 18.8 Å². The van der Waals surface area contributed by atoms with Crippen LogP contribution in [0.3, 0.4) is 0 Å². The van der Waals surface area contributed by atoms with Crippen LogP contribution in [-0.2, 0) is 4.74 Å². The minimum Gasteiger partial charge on any atom is -0.381 e. The largest absolute Gasteiger partial charge is 0.381 e. The van der Waals surface area contributed by atoms with Crippen molar-refractivity contribution in [2.45, 2.75) is 25.3 Å². The van der Waals surface area contributed by atoms with Gasteiger partial charge >= 0.3 is 0 Å². The summed E-state index contributed by atoms with van der Waals surface area (Å²) in [5.41, 5.74) is 1.89. The average Bonchev–Trinajstić information content (AvgIpc) is 2.30. The van der Waals surface area contributed by atoms with Crippen molar-refractivity contribution in [3.8, 4) is 6.07 Å². The Morgan fingerprint density at radius 1 is 1.25 bits per heavy atom. The molecule has 0 atom stereocenters. The van der Waals surface area contributed by atoms with Crippen molar-refractivity contribution < 1.29 is 4.74 Å². The van der Waals surface area contributed by atoms with Crippen molar-refractivity contribution in [3.05, 3.63) is 29.8 Å². The van der Waals surface area contributed by atoms with Crippen LogP contribution in [0, 0.1) is 11.3 Å². The topological polar surface area (TPSA) is 45.0 Å². The number of nitriles is 1. The van der Waals surface area contributed by atoms with E-state index in [1.165, 1.54) is 0 Å². The zero-order chi connectivity index (χ0) is 11.4. The van der Waals surface area contributed by atoms with Crippen molar-refractivity contribution in [1.29, 1.82) is 5.26 Å². The SMILES string of the molecule is CC1(Nc2ccc(C#N)cc2)CCOCC1. The molecule has 3 heteroatoms. The summed E-state index contributed by atoms with van der Waals surface area (Å²) in [6.07, 6.45) is 2.04. The Morgan fingerprint density at radius 3 is 2.44 bits per heavy atom. The van der Waals surface area contributed by atoms with E-state index >= 15 is 0 Å². The monoisotopic (exact) mass is 216 g/mol. The maximum Gasteiger partial charge on any atom is 0.0991 e. The molecule has 0 amide bonds. The lowest BCUT2D eigenvalue weighted by atomic mass is 9.92. The van der Waals surface area contributed by atoms with Crippen molar-refractivity contribution in [2.75, 3.05) is 18.5 Å². The van der Waals surface area contributed by atoms with Gasteiger partial charge in [0, 0.05) is 24.4 Å². The van der Waals surface area contributed by atoms with Crippen LogP contribution in [0.15, 0.2) is 24.3 Å². The zero-order valence-electron chi connectivity index (χ0n) is 9.49. The highest BCUT2D eigenvalue weighted by atomic mass is 16.5. The quantitative estimate of drug-likeness (QED) is 0.826. The highest BCUT2D eigenvalue weighted by Gasteiger charge is 2.26. The Bertz CT molecular complexity index is 385. The summed E-state index contributed by atoms with van der Waals surface area (Å²) in [5, 5.41) is 12.2. The molecule has 0 unspecified atom stereocenters. The lowest BCUT2D eigenvalue weighted by Gasteiger charge is -2.35. The van der Waals surface area contributed by atoms with Gasteiger partial charge in [0.15, 0.2) is 0 Å². The predicted molar refractivity (Wildman–Crippen MR) is 63.2 cm³/mol. The average molecular weight is 216 g/mol. The Labute approximate surface area is 96.0 Å². The molecule has 1 fully saturated rings. The van der Waals surface area contributed by atoms with Crippen molar-refractivity contribution >= 4 is 5.69 Å². The smallest absolute Gasteiger partial charge is 0.0991 e. The molecule has 1 aliphatic heterocycles. The first-order chi connectivity index (χ1) is 7.72. The molecule has 1 aromatic carbocycles. The third-order valence-corrected chi connectivity index (χ3v) is 3.06. The number of nitrogens with zero attached hydrogens (tertiary/aromatic N) is 1. The second-order valence-corrected chi connectivity index (χ2v) is 4.49. The van der Waals surface area contributed by atoms with Crippen LogP contribution < -0.4 is 5.32 Å². The molecule has 3 nitrogen and oxygen atoms in total. The third-order valence-electron chi connectivity index (χ3n) is 3.06. The Morgan fingerprint density at radius 2 is 1.88 bits per heavy atom. The molecular formula is C13H16N2O. The number of ether oxygens (including phenoxy) is 1. The van der Waals surface area contributed by atoms with Crippen LogP contribution in [0.25, 0.3) is 0 Å². The Kier molecular flexibility index (Phi) is 3.12. The lowest BCUT2D eigenvalue weighted by molar-refractivity contribution is 0.0658. The highest BCUT2D eigenvalue weighted by Crippen LogP contribution is 2.25. The van der Waals surface area contributed by atoms with Crippen molar-refractivity contribution in [1.82, 2.24) is 0 Å². The highest BCUT2D eigenvalue weighted by molar-refractivity contribution is 5.48. The molecule has 0 radical (unpaired) electrons. The molecule has 0 bridgehead atoms. The van der Waals surface area contributed by atoms with Crippen LogP contribution in [0.4, 0.5) is 5.69 Å². The van der Waals surface area contributed by atoms with E-state index in [2.05, 4.69) is 18.3 Å². The number of anilines is 1. The van der Waals surface area contributed by atoms with Gasteiger partial charge in [-0.2, -0.15) is 5.26 Å². The van der Waals surface area contributed by atoms with Crippen molar-refractivity contribution in [3.63, 3.8) is 0 Å². The summed E-state index contributed by atoms with van der Waals surface area (Å²) in [4.78, 5) is 0. The van der Waals surface area contributed by atoms with Crippen LogP contribution in [0.5, 0.6) is 0 Å². The first-order valence-corrected chi connectivity index (χ1v) is 5.58. The molecule has 1 saturated heterocycles. The maximum atomic E-state index is 8.71. The molecule has 1 aromatic rings. The minimum absolute atomic E-state index is 0.117. The van der Waals surface area contributed by atoms with Gasteiger partial charge in [-0.05, 0) is 44.0 Å². The van der Waals surface area contributed by atoms with Gasteiger partial charge in [0.25, 0.3) is 0 Å². The summed E-state index contributed by atoms with van der Waals surface area (Å²) in [7, 11) is 0. The first-order valence-electron chi connectivity index (χ1n) is 5.58. The molecule has 1 heterocycles. The minimum atomic E-state index is 0.117. The number of benzene rings is 1. The fourth-order valence-electron chi connectivity index (χ4n) is 1.92. The van der Waals surface area contributed by atoms with Crippen molar-refractivity contribution in [2.24, 2.45) is 0 Å². The van der Waals surface area contributed by atoms with Gasteiger partial charge in [-0.15, -0.1) is 0 Å². The molecule has 1 aliphatic rings. The van der Waals surface area contributed by atoms with Crippen LogP contribution in [0.2, 0.25) is 0 Å². The van der Waals surface area contributed by atoms with Crippen LogP contribution in [0.1, 0.15) is 25.3 Å². The summed E-state index contributed by atoms with van der Waals surface area (Å²) in [5.74, 6) is 0. The third kappa shape index (κ3) is 2.53. The predicted octanol–water partition coefficient (Wildman–Crippen LogP) is 2.54. The normalized spacial score (nSPS) is 18.8. The van der Waals surface area contributed by atoms with E-state index in [1.807, 2.05) is 24.3 Å². The van der Waals surface area contributed by atoms with Gasteiger partial charge in [0.1, 0.15) is 0 Å². The van der Waals surface area contributed by atoms with Gasteiger partial charge in [0.05, 0.1) is 11.6 Å². The van der Waals surface area contributed by atoms with E-state index in [-0.39, 0.29) is 5.54 Å². The number of rotatable bonds is 2. The molecule has 0 aliphatic carbocycles. The van der Waals surface area contributed by atoms with E-state index in [4.69, 9.17) is 10.00 Å². The van der Waals surface area contributed by atoms with E-state index in [0.717, 1.165) is 31.7 Å². The summed E-state index contributed by atoms with van der Waals surface area (Å²) in [6, 6.07) is 9.71. The second kappa shape index (κ2) is 4.54. The number of hydrogen-bond donors (Lipinski definition) is 1. The molecule has 0 spiro atoms. The van der Waals surface area contributed by atoms with Gasteiger partial charge in [0.2, 0.25) is 0 Å². The lowest BCUT2D eigenvalue weighted by Crippen LogP contribution is -2.40. The molecule has 16 heavy (non-hydrogen) atoms. The summed E-state index contributed by atoms with van der Waals surface area (Å²) in [6.45, 7) is 3.85. The van der Waals surface area contributed by atoms with E-state index in [0.29, 0.717) is 5.56 Å². The molecule has 0 saturated carbocycles. The van der Waals surface area contributed by atoms with Gasteiger partial charge < -0.3 is 10.1 Å². The number of hydrogen-bond acceptors (Lipinski definition) is 3. The Hall–Kier alpha value is -1.53. The number of nitrogens with one attached hydrogen (secondary N) is 1. The first kappa shape index (κ1) is 11.0. The van der Waals surface area contributed by atoms with Gasteiger partial charge in [-0.3, -0.25) is 0 Å². The van der Waals surface area contributed by atoms with Crippen LogP contribution >= 0.6 is 0 Å². The van der Waals surface area contributed by atoms with Gasteiger partial charge in [-0.25, -0.2) is 0 Å². The standard InChI is InChI=1S/C13H16N2O/c1-13(6-8-16-9-7-13)15-12-4-2-11(10-14)3-5-12/h2-5,15H,6-9H2,1H3. The molecule has 0 aromatic heterocycles. The molecule has 84 valence electrons. The fraction of sp³-hybridized carbons (Fsp3) is 0.462. The second-order valence-electron chi connectivity index (χ2n) is 4.49. The molecule has 1 N–H and O–H groups in total. The Balaban J connectivity index is 2.05. The molecule has 2 rings (SSSR count).